The van der Waals surface area contributed by atoms with Gasteiger partial charge in [0.25, 0.3) is 0 Å². The maximum absolute atomic E-state index is 12.6. The molecule has 0 saturated heterocycles. The molecule has 0 aromatic carbocycles. The van der Waals surface area contributed by atoms with Crippen LogP contribution in [0.3, 0.4) is 0 Å². The van der Waals surface area contributed by atoms with Crippen molar-refractivity contribution in [2.24, 2.45) is 28.1 Å². The molecule has 0 spiro atoms. The van der Waals surface area contributed by atoms with Crippen molar-refractivity contribution in [1.29, 1.82) is 0 Å². The Morgan fingerprint density at radius 2 is 1.48 bits per heavy atom. The minimum absolute atomic E-state index is 0.0504. The van der Waals surface area contributed by atoms with E-state index in [0.29, 0.717) is 19.4 Å². The Hall–Kier alpha value is -2.36. The smallest absolute Gasteiger partial charge is 0.243 e. The molecule has 0 aliphatic rings. The zero-order valence-corrected chi connectivity index (χ0v) is 19.8. The van der Waals surface area contributed by atoms with Crippen LogP contribution < -0.4 is 27.8 Å². The van der Waals surface area contributed by atoms with Gasteiger partial charge in [-0.05, 0) is 25.2 Å². The molecule has 2 unspecified atom stereocenters. The van der Waals surface area contributed by atoms with Crippen molar-refractivity contribution in [2.75, 3.05) is 6.54 Å². The predicted octanol–water partition coefficient (Wildman–Crippen LogP) is 0.508. The van der Waals surface area contributed by atoms with Gasteiger partial charge in [0.15, 0.2) is 5.96 Å². The number of guanidine groups is 1. The van der Waals surface area contributed by atoms with Crippen LogP contribution in [-0.4, -0.2) is 53.5 Å². The van der Waals surface area contributed by atoms with Crippen LogP contribution in [0.25, 0.3) is 0 Å². The zero-order valence-electron chi connectivity index (χ0n) is 19.8. The lowest BCUT2D eigenvalue weighted by molar-refractivity contribution is -0.132. The van der Waals surface area contributed by atoms with Gasteiger partial charge in [-0.2, -0.15) is 0 Å². The largest absolute Gasteiger partial charge is 0.392 e. The summed E-state index contributed by atoms with van der Waals surface area (Å²) in [4.78, 5) is 40.2. The van der Waals surface area contributed by atoms with E-state index in [1.165, 1.54) is 6.42 Å². The molecule has 10 nitrogen and oxygen atoms in total. The Morgan fingerprint density at radius 1 is 0.935 bits per heavy atom. The fourth-order valence-corrected chi connectivity index (χ4v) is 2.42. The minimum atomic E-state index is -0.885. The number of rotatable bonds is 14. The van der Waals surface area contributed by atoms with Crippen LogP contribution in [0.15, 0.2) is 4.99 Å². The number of amides is 3. The Labute approximate surface area is 186 Å². The number of nitrogens with zero attached hydrogens (tertiary/aromatic N) is 1. The number of hydrogen-bond acceptors (Lipinski definition) is 5. The van der Waals surface area contributed by atoms with E-state index in [0.717, 1.165) is 12.8 Å². The molecule has 0 rings (SSSR count). The van der Waals surface area contributed by atoms with Gasteiger partial charge in [-0.3, -0.25) is 19.4 Å². The lowest BCUT2D eigenvalue weighted by Crippen LogP contribution is -2.53. The summed E-state index contributed by atoms with van der Waals surface area (Å²) in [6.07, 6.45) is 3.08. The summed E-state index contributed by atoms with van der Waals surface area (Å²) < 4.78 is 0. The Kier molecular flexibility index (Phi) is 18.3. The average Bonchev–Trinajstić information content (AvgIpc) is 2.67. The van der Waals surface area contributed by atoms with Crippen LogP contribution in [-0.2, 0) is 14.4 Å². The van der Waals surface area contributed by atoms with Crippen LogP contribution in [0.5, 0.6) is 0 Å². The standard InChI is InChI=1S/C18H36N6O4.C3H8/c1-4-5-7-13(23-15(26)10-14(25)11(2)3)17(28)24-12(16(19)27)8-6-9-22-18(20)21;1-3-2/h11-14,25H,4-10H2,1-3H3,(H2,19,27)(H,23,26)(H,24,28)(H4,20,21,22);3H2,1-2H3/t12?,13-,14?;/m0./s1. The lowest BCUT2D eigenvalue weighted by Gasteiger charge is -2.23. The Morgan fingerprint density at radius 3 is 1.94 bits per heavy atom. The first-order valence-corrected chi connectivity index (χ1v) is 11.1. The molecule has 0 bridgehead atoms. The number of nitrogens with one attached hydrogen (secondary N) is 2. The number of carbonyl (C=O) groups is 3. The molecular formula is C21H44N6O4. The molecule has 0 aromatic rings. The number of unbranched alkanes of at least 4 members (excludes halogenated alkanes) is 1. The molecule has 0 aliphatic carbocycles. The van der Waals surface area contributed by atoms with Crippen LogP contribution in [0, 0.1) is 5.92 Å². The fraction of sp³-hybridized carbons (Fsp3) is 0.810. The summed E-state index contributed by atoms with van der Waals surface area (Å²) in [5.41, 5.74) is 15.9. The third-order valence-electron chi connectivity index (χ3n) is 4.27. The monoisotopic (exact) mass is 444 g/mol. The van der Waals surface area contributed by atoms with E-state index in [-0.39, 0.29) is 24.7 Å². The third kappa shape index (κ3) is 17.1. The first-order valence-electron chi connectivity index (χ1n) is 11.1. The van der Waals surface area contributed by atoms with E-state index in [2.05, 4.69) is 29.5 Å². The quantitative estimate of drug-likeness (QED) is 0.129. The van der Waals surface area contributed by atoms with E-state index in [1.54, 1.807) is 13.8 Å². The molecule has 0 saturated carbocycles. The summed E-state index contributed by atoms with van der Waals surface area (Å²) in [6.45, 7) is 10.1. The van der Waals surface area contributed by atoms with Crippen molar-refractivity contribution in [3.63, 3.8) is 0 Å². The molecule has 3 atom stereocenters. The van der Waals surface area contributed by atoms with Gasteiger partial charge in [-0.25, -0.2) is 0 Å². The molecule has 0 aliphatic heterocycles. The maximum Gasteiger partial charge on any atom is 0.243 e. The van der Waals surface area contributed by atoms with Crippen molar-refractivity contribution in [3.05, 3.63) is 0 Å². The normalized spacial score (nSPS) is 13.3. The van der Waals surface area contributed by atoms with E-state index in [4.69, 9.17) is 17.2 Å². The second kappa shape index (κ2) is 18.4. The second-order valence-corrected chi connectivity index (χ2v) is 7.90. The van der Waals surface area contributed by atoms with Crippen molar-refractivity contribution in [3.8, 4) is 0 Å². The Balaban J connectivity index is 0. The second-order valence-electron chi connectivity index (χ2n) is 7.90. The van der Waals surface area contributed by atoms with Crippen molar-refractivity contribution in [2.45, 2.75) is 97.8 Å². The molecule has 182 valence electrons. The zero-order chi connectivity index (χ0) is 24.4. The minimum Gasteiger partial charge on any atom is -0.392 e. The number of aliphatic hydroxyl groups is 1. The number of aliphatic imine (C=N–C) groups is 1. The highest BCUT2D eigenvalue weighted by atomic mass is 16.3. The third-order valence-corrected chi connectivity index (χ3v) is 4.27. The molecule has 31 heavy (non-hydrogen) atoms. The number of nitrogens with two attached hydrogens (primary N) is 3. The summed E-state index contributed by atoms with van der Waals surface area (Å²) in [5.74, 6) is -1.69. The highest BCUT2D eigenvalue weighted by Crippen LogP contribution is 2.08. The van der Waals surface area contributed by atoms with E-state index < -0.39 is 35.9 Å². The first kappa shape index (κ1) is 30.8. The molecule has 0 fully saturated rings. The molecule has 3 amide bonds. The highest BCUT2D eigenvalue weighted by Gasteiger charge is 2.26. The summed E-state index contributed by atoms with van der Waals surface area (Å²) >= 11 is 0. The van der Waals surface area contributed by atoms with Gasteiger partial charge >= 0.3 is 0 Å². The summed E-state index contributed by atoms with van der Waals surface area (Å²) in [5, 5.41) is 15.1. The van der Waals surface area contributed by atoms with Gasteiger partial charge < -0.3 is 32.9 Å². The van der Waals surface area contributed by atoms with Crippen molar-refractivity contribution in [1.82, 2.24) is 10.6 Å². The van der Waals surface area contributed by atoms with Crippen LogP contribution in [0.1, 0.15) is 79.6 Å². The number of aliphatic hydroxyl groups excluding tert-OH is 1. The molecule has 0 radical (unpaired) electrons. The van der Waals surface area contributed by atoms with Crippen LogP contribution in [0.4, 0.5) is 0 Å². The maximum atomic E-state index is 12.6. The first-order chi connectivity index (χ1) is 14.5. The molecule has 0 heterocycles. The highest BCUT2D eigenvalue weighted by molar-refractivity contribution is 5.91. The summed E-state index contributed by atoms with van der Waals surface area (Å²) in [7, 11) is 0. The van der Waals surface area contributed by atoms with E-state index >= 15 is 0 Å². The Bertz CT molecular complexity index is 550. The number of primary amides is 1. The van der Waals surface area contributed by atoms with Gasteiger partial charge in [-0.1, -0.05) is 53.9 Å². The molecule has 10 heteroatoms. The average molecular weight is 445 g/mol. The van der Waals surface area contributed by atoms with E-state index in [9.17, 15) is 19.5 Å². The van der Waals surface area contributed by atoms with Crippen molar-refractivity contribution < 1.29 is 19.5 Å². The number of carbonyl (C=O) groups excluding carboxylic acids is 3. The SMILES string of the molecule is CCC.CCCC[C@H](NC(=O)CC(O)C(C)C)C(=O)NC(CCCN=C(N)N)C(N)=O. The van der Waals surface area contributed by atoms with Crippen LogP contribution >= 0.6 is 0 Å². The topological polar surface area (TPSA) is 186 Å². The molecular weight excluding hydrogens is 400 g/mol. The fourth-order valence-electron chi connectivity index (χ4n) is 2.42. The predicted molar refractivity (Wildman–Crippen MR) is 124 cm³/mol. The lowest BCUT2D eigenvalue weighted by atomic mass is 10.0. The van der Waals surface area contributed by atoms with Gasteiger partial charge in [0.2, 0.25) is 17.7 Å². The van der Waals surface area contributed by atoms with Crippen molar-refractivity contribution >= 4 is 23.7 Å². The molecule has 0 aromatic heterocycles. The van der Waals surface area contributed by atoms with Crippen LogP contribution in [0.2, 0.25) is 0 Å². The van der Waals surface area contributed by atoms with Gasteiger partial charge in [-0.15, -0.1) is 0 Å². The number of hydrogen-bond donors (Lipinski definition) is 6. The van der Waals surface area contributed by atoms with Gasteiger partial charge in [0.05, 0.1) is 12.5 Å². The molecule has 9 N–H and O–H groups in total. The van der Waals surface area contributed by atoms with E-state index in [1.807, 2.05) is 6.92 Å². The van der Waals surface area contributed by atoms with Gasteiger partial charge in [0.1, 0.15) is 12.1 Å². The summed E-state index contributed by atoms with van der Waals surface area (Å²) in [6, 6.07) is -1.68. The van der Waals surface area contributed by atoms with Gasteiger partial charge in [0, 0.05) is 6.54 Å².